The molecule has 1 aromatic heterocycles. The smallest absolute Gasteiger partial charge is 0.242 e. The number of carbonyl (C=O) groups is 1. The molecule has 1 N–H and O–H groups in total. The number of hydrogen-bond acceptors (Lipinski definition) is 4. The Hall–Kier alpha value is -0.890. The maximum Gasteiger partial charge on any atom is 0.242 e. The number of sulfonamides is 1. The minimum Gasteiger partial charge on any atom is -0.343 e. The highest BCUT2D eigenvalue weighted by Gasteiger charge is 2.27. The van der Waals surface area contributed by atoms with Gasteiger partial charge in [-0.1, -0.05) is 37.0 Å². The molecule has 2 rings (SSSR count). The van der Waals surface area contributed by atoms with Crippen LogP contribution in [0.4, 0.5) is 0 Å². The average molecular weight is 394 g/mol. The fourth-order valence-electron chi connectivity index (χ4n) is 2.56. The zero-order chi connectivity index (χ0) is 17.9. The molecule has 0 bridgehead atoms. The van der Waals surface area contributed by atoms with E-state index < -0.39 is 10.0 Å². The Kier molecular flexibility index (Phi) is 6.47. The van der Waals surface area contributed by atoms with Crippen LogP contribution in [0.5, 0.6) is 0 Å². The number of halogens is 2. The first kappa shape index (κ1) is 19.4. The van der Waals surface area contributed by atoms with Crippen molar-refractivity contribution in [2.24, 2.45) is 5.92 Å². The lowest BCUT2D eigenvalue weighted by Crippen LogP contribution is -2.46. The lowest BCUT2D eigenvalue weighted by molar-refractivity contribution is -0.133. The van der Waals surface area contributed by atoms with Crippen LogP contribution in [0.1, 0.15) is 33.1 Å². The number of nitrogens with zero attached hydrogens (tertiary/aromatic N) is 2. The molecule has 0 aliphatic carbocycles. The molecule has 0 atom stereocenters. The molecule has 1 fully saturated rings. The second-order valence-corrected chi connectivity index (χ2v) is 8.80. The lowest BCUT2D eigenvalue weighted by Gasteiger charge is -2.32. The van der Waals surface area contributed by atoms with Gasteiger partial charge in [0.15, 0.2) is 0 Å². The molecular formula is C15H21Cl2N3O3S. The molecule has 134 valence electrons. The summed E-state index contributed by atoms with van der Waals surface area (Å²) in [6.07, 6.45) is 2.86. The normalized spacial score (nSPS) is 16.6. The molecule has 6 nitrogen and oxygen atoms in total. The van der Waals surface area contributed by atoms with E-state index in [1.165, 1.54) is 12.3 Å². The van der Waals surface area contributed by atoms with E-state index >= 15 is 0 Å². The van der Waals surface area contributed by atoms with Gasteiger partial charge in [0.05, 0.1) is 5.02 Å². The number of pyridine rings is 1. The molecule has 0 saturated carbocycles. The molecule has 9 heteroatoms. The van der Waals surface area contributed by atoms with Crippen molar-refractivity contribution in [2.75, 3.05) is 13.1 Å². The molecular weight excluding hydrogens is 373 g/mol. The monoisotopic (exact) mass is 393 g/mol. The molecule has 1 saturated heterocycles. The van der Waals surface area contributed by atoms with Gasteiger partial charge in [-0.3, -0.25) is 4.79 Å². The molecule has 2 heterocycles. The van der Waals surface area contributed by atoms with Crippen LogP contribution in [0.25, 0.3) is 0 Å². The first-order valence-electron chi connectivity index (χ1n) is 7.80. The highest BCUT2D eigenvalue weighted by Crippen LogP contribution is 2.23. The third kappa shape index (κ3) is 5.05. The van der Waals surface area contributed by atoms with Gasteiger partial charge in [0, 0.05) is 31.7 Å². The molecule has 0 radical (unpaired) electrons. The van der Waals surface area contributed by atoms with Crippen LogP contribution >= 0.6 is 23.2 Å². The molecule has 1 aliphatic rings. The predicted molar refractivity (Wildman–Crippen MR) is 93.6 cm³/mol. The van der Waals surface area contributed by atoms with Crippen LogP contribution in [0, 0.1) is 5.92 Å². The van der Waals surface area contributed by atoms with Crippen molar-refractivity contribution in [3.8, 4) is 0 Å². The number of rotatable bonds is 5. The number of piperidine rings is 1. The summed E-state index contributed by atoms with van der Waals surface area (Å²) in [6.45, 7) is 5.12. The molecule has 0 unspecified atom stereocenters. The number of nitrogens with one attached hydrogen (secondary N) is 1. The van der Waals surface area contributed by atoms with Gasteiger partial charge in [0.1, 0.15) is 10.0 Å². The van der Waals surface area contributed by atoms with Gasteiger partial charge in [0.2, 0.25) is 15.9 Å². The van der Waals surface area contributed by atoms with Gasteiger partial charge < -0.3 is 4.90 Å². The van der Waals surface area contributed by atoms with Gasteiger partial charge in [0.25, 0.3) is 0 Å². The summed E-state index contributed by atoms with van der Waals surface area (Å²) in [6, 6.07) is 1.06. The van der Waals surface area contributed by atoms with Gasteiger partial charge in [-0.15, -0.1) is 0 Å². The molecule has 1 aromatic rings. The third-order valence-corrected chi connectivity index (χ3v) is 6.01. The van der Waals surface area contributed by atoms with Crippen LogP contribution in [0.15, 0.2) is 17.2 Å². The minimum atomic E-state index is -3.71. The summed E-state index contributed by atoms with van der Waals surface area (Å²) in [5, 5.41) is 0.154. The molecule has 0 aromatic carbocycles. The summed E-state index contributed by atoms with van der Waals surface area (Å²) in [5.74, 6) is 0.441. The Morgan fingerprint density at radius 2 is 2.00 bits per heavy atom. The van der Waals surface area contributed by atoms with Crippen molar-refractivity contribution in [2.45, 2.75) is 44.0 Å². The van der Waals surface area contributed by atoms with Crippen LogP contribution in [-0.4, -0.2) is 43.3 Å². The zero-order valence-corrected chi connectivity index (χ0v) is 16.0. The number of hydrogen-bond donors (Lipinski definition) is 1. The van der Waals surface area contributed by atoms with Gasteiger partial charge in [-0.05, 0) is 24.8 Å². The van der Waals surface area contributed by atoms with Crippen molar-refractivity contribution in [3.63, 3.8) is 0 Å². The van der Waals surface area contributed by atoms with E-state index in [9.17, 15) is 13.2 Å². The summed E-state index contributed by atoms with van der Waals surface area (Å²) in [4.78, 5) is 17.6. The molecule has 1 aliphatic heterocycles. The Morgan fingerprint density at radius 3 is 2.54 bits per heavy atom. The summed E-state index contributed by atoms with van der Waals surface area (Å²) in [5.41, 5.74) is 0. The third-order valence-electron chi connectivity index (χ3n) is 3.83. The number of amides is 1. The van der Waals surface area contributed by atoms with Gasteiger partial charge in [-0.2, -0.15) is 0 Å². The molecule has 1 amide bonds. The maximum atomic E-state index is 12.4. The first-order valence-corrected chi connectivity index (χ1v) is 10.0. The van der Waals surface area contributed by atoms with Crippen LogP contribution < -0.4 is 4.72 Å². The Morgan fingerprint density at radius 1 is 1.38 bits per heavy atom. The SMILES string of the molecule is CC(C)CC(=O)N1CCC(NS(=O)(=O)c2cnc(Cl)c(Cl)c2)CC1. The summed E-state index contributed by atoms with van der Waals surface area (Å²) in [7, 11) is -3.71. The second-order valence-electron chi connectivity index (χ2n) is 6.32. The van der Waals surface area contributed by atoms with E-state index in [1.54, 1.807) is 4.90 Å². The topological polar surface area (TPSA) is 79.4 Å². The van der Waals surface area contributed by atoms with Crippen LogP contribution in [0.2, 0.25) is 10.2 Å². The van der Waals surface area contributed by atoms with Crippen LogP contribution in [-0.2, 0) is 14.8 Å². The van der Waals surface area contributed by atoms with Gasteiger partial charge >= 0.3 is 0 Å². The largest absolute Gasteiger partial charge is 0.343 e. The Labute approximate surface area is 152 Å². The van der Waals surface area contributed by atoms with E-state index in [0.717, 1.165) is 0 Å². The zero-order valence-electron chi connectivity index (χ0n) is 13.6. The van der Waals surface area contributed by atoms with E-state index in [0.29, 0.717) is 38.3 Å². The fourth-order valence-corrected chi connectivity index (χ4v) is 4.17. The Balaban J connectivity index is 1.95. The standard InChI is InChI=1S/C15H21Cl2N3O3S/c1-10(2)7-14(21)20-5-3-11(4-6-20)19-24(22,23)12-8-13(16)15(17)18-9-12/h8-11,19H,3-7H2,1-2H3. The number of carbonyl (C=O) groups excluding carboxylic acids is 1. The highest BCUT2D eigenvalue weighted by molar-refractivity contribution is 7.89. The fraction of sp³-hybridized carbons (Fsp3) is 0.600. The first-order chi connectivity index (χ1) is 11.2. The summed E-state index contributed by atoms with van der Waals surface area (Å²) < 4.78 is 27.4. The highest BCUT2D eigenvalue weighted by atomic mass is 35.5. The van der Waals surface area contributed by atoms with Crippen molar-refractivity contribution < 1.29 is 13.2 Å². The van der Waals surface area contributed by atoms with Crippen molar-refractivity contribution in [1.29, 1.82) is 0 Å². The lowest BCUT2D eigenvalue weighted by atomic mass is 10.0. The molecule has 24 heavy (non-hydrogen) atoms. The van der Waals surface area contributed by atoms with Crippen LogP contribution in [0.3, 0.4) is 0 Å². The second kappa shape index (κ2) is 7.99. The van der Waals surface area contributed by atoms with Crippen molar-refractivity contribution in [1.82, 2.24) is 14.6 Å². The summed E-state index contributed by atoms with van der Waals surface area (Å²) >= 11 is 11.5. The predicted octanol–water partition coefficient (Wildman–Crippen LogP) is 2.70. The number of aromatic nitrogens is 1. The molecule has 0 spiro atoms. The van der Waals surface area contributed by atoms with E-state index in [4.69, 9.17) is 23.2 Å². The number of likely N-dealkylation sites (tertiary alicyclic amines) is 1. The average Bonchev–Trinajstić information content (AvgIpc) is 2.49. The van der Waals surface area contributed by atoms with E-state index in [2.05, 4.69) is 9.71 Å². The van der Waals surface area contributed by atoms with Crippen molar-refractivity contribution >= 4 is 39.1 Å². The van der Waals surface area contributed by atoms with Crippen molar-refractivity contribution in [3.05, 3.63) is 22.4 Å². The quantitative estimate of drug-likeness (QED) is 0.779. The van der Waals surface area contributed by atoms with E-state index in [1.807, 2.05) is 13.8 Å². The Bertz CT molecular complexity index is 702. The maximum absolute atomic E-state index is 12.4. The van der Waals surface area contributed by atoms with E-state index in [-0.39, 0.29) is 27.0 Å². The minimum absolute atomic E-state index is 0.0183. The van der Waals surface area contributed by atoms with Gasteiger partial charge in [-0.25, -0.2) is 18.1 Å².